The molecule has 0 aliphatic carbocycles. The molecule has 1 aliphatic rings. The smallest absolute Gasteiger partial charge is 0.295 e. The van der Waals surface area contributed by atoms with Crippen molar-refractivity contribution in [3.05, 3.63) is 54.1 Å². The van der Waals surface area contributed by atoms with Crippen molar-refractivity contribution in [2.45, 2.75) is 17.2 Å². The summed E-state index contributed by atoms with van der Waals surface area (Å²) in [6, 6.07) is 12.8. The van der Waals surface area contributed by atoms with Crippen LogP contribution in [0.5, 0.6) is 0 Å². The largest absolute Gasteiger partial charge is 0.365 e. The normalized spacial score (nSPS) is 17.8. The number of rotatable bonds is 4. The molecule has 1 heterocycles. The molecule has 130 valence electrons. The highest BCUT2D eigenvalue weighted by molar-refractivity contribution is 8.16. The Kier molecular flexibility index (Phi) is 4.55. The van der Waals surface area contributed by atoms with E-state index in [1.54, 1.807) is 18.2 Å². The molecule has 1 saturated heterocycles. The van der Waals surface area contributed by atoms with Gasteiger partial charge in [-0.25, -0.2) is 18.5 Å². The topological polar surface area (TPSA) is 110 Å². The Hall–Kier alpha value is -2.36. The highest BCUT2D eigenvalue weighted by atomic mass is 32.2. The molecule has 7 nitrogen and oxygen atoms in total. The predicted octanol–water partition coefficient (Wildman–Crippen LogP) is 2.28. The zero-order chi connectivity index (χ0) is 18.2. The molecule has 3 rings (SSSR count). The van der Waals surface area contributed by atoms with Crippen LogP contribution in [0.15, 0.2) is 53.4 Å². The molecule has 9 heteroatoms. The molecule has 0 spiro atoms. The van der Waals surface area contributed by atoms with Gasteiger partial charge in [0.15, 0.2) is 5.37 Å². The van der Waals surface area contributed by atoms with Gasteiger partial charge in [0.2, 0.25) is 10.0 Å². The molecule has 0 radical (unpaired) electrons. The number of sulfonamides is 1. The molecule has 25 heavy (non-hydrogen) atoms. The highest BCUT2D eigenvalue weighted by Crippen LogP contribution is 2.32. The number of nitrogens with two attached hydrogens (primary N) is 1. The number of nitrogens with one attached hydrogen (secondary N) is 1. The third kappa shape index (κ3) is 3.68. The lowest BCUT2D eigenvalue weighted by Gasteiger charge is -2.15. The maximum Gasteiger partial charge on any atom is 0.295 e. The Balaban J connectivity index is 1.78. The van der Waals surface area contributed by atoms with Crippen LogP contribution in [0.25, 0.3) is 0 Å². The number of amides is 2. The van der Waals surface area contributed by atoms with Gasteiger partial charge >= 0.3 is 0 Å². The Morgan fingerprint density at radius 2 is 1.80 bits per heavy atom. The van der Waals surface area contributed by atoms with Gasteiger partial charge in [0.25, 0.3) is 11.1 Å². The van der Waals surface area contributed by atoms with Crippen LogP contribution in [-0.4, -0.2) is 24.9 Å². The number of carbonyl (C=O) groups excluding carboxylic acids is 2. The number of hydrogen-bond acceptors (Lipinski definition) is 6. The summed E-state index contributed by atoms with van der Waals surface area (Å²) in [5.41, 5.74) is 1.98. The first-order chi connectivity index (χ1) is 11.8. The zero-order valence-electron chi connectivity index (χ0n) is 13.2. The lowest BCUT2D eigenvalue weighted by Crippen LogP contribution is -2.34. The minimum Gasteiger partial charge on any atom is -0.365 e. The molecule has 1 aliphatic heterocycles. The van der Waals surface area contributed by atoms with Crippen LogP contribution >= 0.6 is 11.8 Å². The molecule has 2 aromatic carbocycles. The average Bonchev–Trinajstić information content (AvgIpc) is 2.81. The summed E-state index contributed by atoms with van der Waals surface area (Å²) in [4.78, 5) is 25.9. The van der Waals surface area contributed by atoms with Gasteiger partial charge in [-0.3, -0.25) is 9.59 Å². The number of hydrogen-bond donors (Lipinski definition) is 2. The van der Waals surface area contributed by atoms with E-state index in [1.807, 2.05) is 13.0 Å². The molecule has 1 fully saturated rings. The van der Waals surface area contributed by atoms with Gasteiger partial charge in [0.1, 0.15) is 0 Å². The summed E-state index contributed by atoms with van der Waals surface area (Å²) < 4.78 is 22.5. The second-order valence-corrected chi connectivity index (χ2v) is 8.11. The number of imide groups is 1. The van der Waals surface area contributed by atoms with Gasteiger partial charge in [-0.1, -0.05) is 12.1 Å². The van der Waals surface area contributed by atoms with Crippen LogP contribution in [0.3, 0.4) is 0 Å². The van der Waals surface area contributed by atoms with Crippen molar-refractivity contribution in [3.8, 4) is 0 Å². The minimum absolute atomic E-state index is 0.0269. The second kappa shape index (κ2) is 6.51. The van der Waals surface area contributed by atoms with Crippen molar-refractivity contribution in [1.29, 1.82) is 0 Å². The lowest BCUT2D eigenvalue weighted by atomic mass is 10.2. The molecular formula is C16H15N3O4S2. The summed E-state index contributed by atoms with van der Waals surface area (Å²) >= 11 is 0.870. The van der Waals surface area contributed by atoms with Crippen molar-refractivity contribution in [2.75, 3.05) is 10.2 Å². The Morgan fingerprint density at radius 3 is 2.40 bits per heavy atom. The summed E-state index contributed by atoms with van der Waals surface area (Å²) in [7, 11) is -3.78. The number of anilines is 2. The van der Waals surface area contributed by atoms with Crippen LogP contribution in [0.1, 0.15) is 5.56 Å². The maximum absolute atomic E-state index is 12.6. The first-order valence-electron chi connectivity index (χ1n) is 7.26. The number of thioether (sulfide) groups is 1. The van der Waals surface area contributed by atoms with E-state index in [-0.39, 0.29) is 16.0 Å². The number of nitrogens with zero attached hydrogens (tertiary/aromatic N) is 1. The van der Waals surface area contributed by atoms with Crippen LogP contribution in [0.4, 0.5) is 16.2 Å². The molecule has 0 bridgehead atoms. The summed E-state index contributed by atoms with van der Waals surface area (Å²) in [6.07, 6.45) is 0. The van der Waals surface area contributed by atoms with Crippen LogP contribution < -0.4 is 15.4 Å². The number of benzene rings is 2. The molecule has 3 N–H and O–H groups in total. The maximum atomic E-state index is 12.6. The van der Waals surface area contributed by atoms with Gasteiger partial charge in [-0.2, -0.15) is 0 Å². The van der Waals surface area contributed by atoms with Crippen molar-refractivity contribution in [2.24, 2.45) is 5.14 Å². The third-order valence-electron chi connectivity index (χ3n) is 3.59. The third-order valence-corrected chi connectivity index (χ3v) is 5.46. The fourth-order valence-electron chi connectivity index (χ4n) is 2.39. The van der Waals surface area contributed by atoms with Gasteiger partial charge in [-0.15, -0.1) is 0 Å². The van der Waals surface area contributed by atoms with Crippen LogP contribution in [-0.2, 0) is 14.8 Å². The summed E-state index contributed by atoms with van der Waals surface area (Å²) in [5.74, 6) is -0.379. The fourth-order valence-corrected chi connectivity index (χ4v) is 3.81. The van der Waals surface area contributed by atoms with E-state index in [0.717, 1.165) is 22.2 Å². The van der Waals surface area contributed by atoms with E-state index in [0.29, 0.717) is 11.4 Å². The molecule has 0 aromatic heterocycles. The van der Waals surface area contributed by atoms with Crippen LogP contribution in [0.2, 0.25) is 0 Å². The highest BCUT2D eigenvalue weighted by Gasteiger charge is 2.40. The van der Waals surface area contributed by atoms with Gasteiger partial charge in [0.05, 0.1) is 10.6 Å². The van der Waals surface area contributed by atoms with Crippen molar-refractivity contribution in [3.63, 3.8) is 0 Å². The molecule has 1 unspecified atom stereocenters. The van der Waals surface area contributed by atoms with E-state index < -0.39 is 15.4 Å². The zero-order valence-corrected chi connectivity index (χ0v) is 14.8. The van der Waals surface area contributed by atoms with Gasteiger partial charge in [-0.05, 0) is 60.6 Å². The monoisotopic (exact) mass is 377 g/mol. The number of primary sulfonamides is 1. The summed E-state index contributed by atoms with van der Waals surface area (Å²) in [6.45, 7) is 1.88. The van der Waals surface area contributed by atoms with Crippen LogP contribution in [0, 0.1) is 6.92 Å². The Labute approximate surface area is 149 Å². The van der Waals surface area contributed by atoms with E-state index in [4.69, 9.17) is 5.14 Å². The average molecular weight is 377 g/mol. The van der Waals surface area contributed by atoms with Gasteiger partial charge in [0, 0.05) is 5.69 Å². The van der Waals surface area contributed by atoms with E-state index in [9.17, 15) is 18.0 Å². The fraction of sp³-hybridized carbons (Fsp3) is 0.125. The standard InChI is InChI=1S/C16H15N3O4S2/c1-10-3-2-4-12(9-10)19-15(20)14(24-16(19)21)18-11-5-7-13(8-6-11)25(17,22)23/h2-9,14,18H,1H3,(H2,17,22,23). The van der Waals surface area contributed by atoms with E-state index in [1.165, 1.54) is 24.3 Å². The minimum atomic E-state index is -3.78. The Morgan fingerprint density at radius 1 is 1.12 bits per heavy atom. The van der Waals surface area contributed by atoms with Crippen molar-refractivity contribution >= 4 is 44.3 Å². The first-order valence-corrected chi connectivity index (χ1v) is 9.69. The molecule has 2 aromatic rings. The molecular weight excluding hydrogens is 362 g/mol. The van der Waals surface area contributed by atoms with Gasteiger partial charge < -0.3 is 5.32 Å². The molecule has 0 saturated carbocycles. The Bertz CT molecular complexity index is 942. The predicted molar refractivity (Wildman–Crippen MR) is 96.9 cm³/mol. The quantitative estimate of drug-likeness (QED) is 0.846. The molecule has 1 atom stereocenters. The lowest BCUT2D eigenvalue weighted by molar-refractivity contribution is -0.116. The van der Waals surface area contributed by atoms with E-state index in [2.05, 4.69) is 5.32 Å². The SMILES string of the molecule is Cc1cccc(N2C(=O)SC(Nc3ccc(S(N)(=O)=O)cc3)C2=O)c1. The summed E-state index contributed by atoms with van der Waals surface area (Å²) in [5, 5.41) is 6.83. The number of aryl methyl sites for hydroxylation is 1. The van der Waals surface area contributed by atoms with Crippen molar-refractivity contribution < 1.29 is 18.0 Å². The molecule has 2 amide bonds. The first kappa shape index (κ1) is 17.5. The second-order valence-electron chi connectivity index (χ2n) is 5.49. The van der Waals surface area contributed by atoms with Crippen molar-refractivity contribution in [1.82, 2.24) is 0 Å². The number of carbonyl (C=O) groups is 2. The van der Waals surface area contributed by atoms with E-state index >= 15 is 0 Å².